The first-order valence-corrected chi connectivity index (χ1v) is 10.2. The van der Waals surface area contributed by atoms with Crippen LogP contribution in [0.15, 0.2) is 65.6 Å². The zero-order valence-corrected chi connectivity index (χ0v) is 18.4. The first kappa shape index (κ1) is 24.3. The highest BCUT2D eigenvalue weighted by molar-refractivity contribution is 5.97. The topological polar surface area (TPSA) is 68.5 Å². The van der Waals surface area contributed by atoms with Gasteiger partial charge >= 0.3 is 6.18 Å². The highest BCUT2D eigenvalue weighted by Crippen LogP contribution is 2.27. The summed E-state index contributed by atoms with van der Waals surface area (Å²) in [5.74, 6) is -0.544. The predicted octanol–water partition coefficient (Wildman–Crippen LogP) is 4.74. The van der Waals surface area contributed by atoms with Crippen LogP contribution in [0.1, 0.15) is 40.9 Å². The largest absolute Gasteiger partial charge is 0.482 e. The molecule has 0 bridgehead atoms. The van der Waals surface area contributed by atoms with Gasteiger partial charge in [-0.3, -0.25) is 14.2 Å². The van der Waals surface area contributed by atoms with E-state index in [4.69, 9.17) is 4.74 Å². The summed E-state index contributed by atoms with van der Waals surface area (Å²) in [4.78, 5) is 26.0. The summed E-state index contributed by atoms with van der Waals surface area (Å²) >= 11 is 0. The third kappa shape index (κ3) is 5.90. The average molecular weight is 459 g/mol. The molecule has 0 radical (unpaired) electrons. The van der Waals surface area contributed by atoms with Crippen LogP contribution < -0.4 is 10.3 Å². The standard InChI is InChI=1S/C25H24F3NO4/c1-16-6-4-8-21(33-15-25(26,27)28)22(16)29-13-5-7-19(23(29)31)20(30)14-17-9-11-18(12-10-17)24(2,3)32/h4-13,32H,14-15H2,1-3H3. The van der Waals surface area contributed by atoms with Crippen molar-refractivity contribution >= 4 is 5.78 Å². The molecular formula is C25H24F3NO4. The highest BCUT2D eigenvalue weighted by atomic mass is 19.4. The fourth-order valence-corrected chi connectivity index (χ4v) is 3.41. The second-order valence-electron chi connectivity index (χ2n) is 8.28. The molecule has 0 fully saturated rings. The first-order chi connectivity index (χ1) is 15.4. The van der Waals surface area contributed by atoms with E-state index in [1.54, 1.807) is 51.1 Å². The number of halogens is 3. The van der Waals surface area contributed by atoms with Crippen molar-refractivity contribution in [1.29, 1.82) is 0 Å². The molecule has 8 heteroatoms. The Morgan fingerprint density at radius 2 is 1.70 bits per heavy atom. The molecule has 5 nitrogen and oxygen atoms in total. The number of aromatic nitrogens is 1. The van der Waals surface area contributed by atoms with Crippen molar-refractivity contribution in [2.75, 3.05) is 6.61 Å². The molecule has 3 rings (SSSR count). The molecule has 0 aliphatic carbocycles. The first-order valence-electron chi connectivity index (χ1n) is 10.2. The number of para-hydroxylation sites is 1. The summed E-state index contributed by atoms with van der Waals surface area (Å²) in [7, 11) is 0. The van der Waals surface area contributed by atoms with Crippen molar-refractivity contribution in [3.05, 3.63) is 93.4 Å². The third-order valence-electron chi connectivity index (χ3n) is 5.11. The fourth-order valence-electron chi connectivity index (χ4n) is 3.41. The monoisotopic (exact) mass is 459 g/mol. The molecule has 174 valence electrons. The van der Waals surface area contributed by atoms with E-state index in [2.05, 4.69) is 0 Å². The summed E-state index contributed by atoms with van der Waals surface area (Å²) in [6, 6.07) is 14.2. The van der Waals surface area contributed by atoms with E-state index in [1.165, 1.54) is 30.5 Å². The molecule has 1 N–H and O–H groups in total. The van der Waals surface area contributed by atoms with Crippen LogP contribution in [-0.4, -0.2) is 28.2 Å². The van der Waals surface area contributed by atoms with E-state index >= 15 is 0 Å². The van der Waals surface area contributed by atoms with E-state index in [0.717, 1.165) is 4.57 Å². The highest BCUT2D eigenvalue weighted by Gasteiger charge is 2.29. The number of ether oxygens (including phenoxy) is 1. The maximum atomic E-state index is 13.1. The summed E-state index contributed by atoms with van der Waals surface area (Å²) in [6.45, 7) is 3.44. The minimum Gasteiger partial charge on any atom is -0.482 e. The van der Waals surface area contributed by atoms with Gasteiger partial charge in [-0.1, -0.05) is 36.4 Å². The molecule has 0 atom stereocenters. The van der Waals surface area contributed by atoms with Gasteiger partial charge < -0.3 is 9.84 Å². The minimum absolute atomic E-state index is 0.0450. The van der Waals surface area contributed by atoms with Gasteiger partial charge in [-0.15, -0.1) is 0 Å². The Bertz CT molecular complexity index is 1210. The van der Waals surface area contributed by atoms with Crippen molar-refractivity contribution in [3.63, 3.8) is 0 Å². The molecule has 0 unspecified atom stereocenters. The Labute approximate surface area is 189 Å². The van der Waals surface area contributed by atoms with Gasteiger partial charge in [0, 0.05) is 12.6 Å². The number of ketones is 1. The number of aryl methyl sites for hydroxylation is 1. The number of carbonyl (C=O) groups is 1. The molecule has 2 aromatic carbocycles. The van der Waals surface area contributed by atoms with Crippen LogP contribution in [0.5, 0.6) is 5.75 Å². The van der Waals surface area contributed by atoms with E-state index in [0.29, 0.717) is 16.7 Å². The van der Waals surface area contributed by atoms with Crippen LogP contribution in [0, 0.1) is 6.92 Å². The smallest absolute Gasteiger partial charge is 0.422 e. The zero-order chi connectivity index (χ0) is 24.4. The lowest BCUT2D eigenvalue weighted by Gasteiger charge is -2.18. The van der Waals surface area contributed by atoms with Crippen LogP contribution in [0.2, 0.25) is 0 Å². The zero-order valence-electron chi connectivity index (χ0n) is 18.4. The predicted molar refractivity (Wildman–Crippen MR) is 118 cm³/mol. The van der Waals surface area contributed by atoms with Gasteiger partial charge in [-0.2, -0.15) is 13.2 Å². The molecule has 1 heterocycles. The van der Waals surface area contributed by atoms with Crippen molar-refractivity contribution in [2.45, 2.75) is 39.0 Å². The number of hydrogen-bond donors (Lipinski definition) is 1. The molecular weight excluding hydrogens is 435 g/mol. The SMILES string of the molecule is Cc1cccc(OCC(F)(F)F)c1-n1cccc(C(=O)Cc2ccc(C(C)(C)O)cc2)c1=O. The molecule has 33 heavy (non-hydrogen) atoms. The third-order valence-corrected chi connectivity index (χ3v) is 5.11. The second-order valence-corrected chi connectivity index (χ2v) is 8.28. The van der Waals surface area contributed by atoms with E-state index in [1.807, 2.05) is 0 Å². The minimum atomic E-state index is -4.54. The van der Waals surface area contributed by atoms with Crippen LogP contribution in [0.3, 0.4) is 0 Å². The van der Waals surface area contributed by atoms with Crippen molar-refractivity contribution in [2.24, 2.45) is 0 Å². The van der Waals surface area contributed by atoms with Crippen LogP contribution in [0.25, 0.3) is 5.69 Å². The Balaban J connectivity index is 1.93. The van der Waals surface area contributed by atoms with E-state index in [-0.39, 0.29) is 23.4 Å². The lowest BCUT2D eigenvalue weighted by Crippen LogP contribution is -2.27. The molecule has 1 aromatic heterocycles. The number of rotatable bonds is 7. The quantitative estimate of drug-likeness (QED) is 0.519. The number of carbonyl (C=O) groups excluding carboxylic acids is 1. The molecule has 0 saturated carbocycles. The number of alkyl halides is 3. The summed E-state index contributed by atoms with van der Waals surface area (Å²) in [5, 5.41) is 10.1. The van der Waals surface area contributed by atoms with Gasteiger partial charge in [0.05, 0.1) is 16.9 Å². The molecule has 0 aliphatic heterocycles. The number of pyridine rings is 1. The van der Waals surface area contributed by atoms with Crippen LogP contribution in [-0.2, 0) is 12.0 Å². The van der Waals surface area contributed by atoms with Crippen molar-refractivity contribution in [1.82, 2.24) is 4.57 Å². The summed E-state index contributed by atoms with van der Waals surface area (Å²) < 4.78 is 44.1. The summed E-state index contributed by atoms with van der Waals surface area (Å²) in [6.07, 6.45) is -3.19. The van der Waals surface area contributed by atoms with Crippen molar-refractivity contribution < 1.29 is 27.8 Å². The lowest BCUT2D eigenvalue weighted by atomic mass is 9.95. The number of benzene rings is 2. The Morgan fingerprint density at radius 1 is 1.03 bits per heavy atom. The van der Waals surface area contributed by atoms with Gasteiger partial charge in [-0.05, 0) is 55.7 Å². The number of Topliss-reactive ketones (excluding diaryl/α,β-unsaturated/α-hetero) is 1. The average Bonchev–Trinajstić information content (AvgIpc) is 2.72. The number of hydrogen-bond acceptors (Lipinski definition) is 4. The van der Waals surface area contributed by atoms with Gasteiger partial charge in [0.2, 0.25) is 0 Å². The maximum absolute atomic E-state index is 13.1. The van der Waals surface area contributed by atoms with E-state index < -0.39 is 29.7 Å². The fraction of sp³-hybridized carbons (Fsp3) is 0.280. The summed E-state index contributed by atoms with van der Waals surface area (Å²) in [5.41, 5.74) is 0.254. The van der Waals surface area contributed by atoms with Gasteiger partial charge in [0.25, 0.3) is 5.56 Å². The second kappa shape index (κ2) is 9.23. The van der Waals surface area contributed by atoms with Gasteiger partial charge in [0.15, 0.2) is 12.4 Å². The number of aliphatic hydroxyl groups is 1. The Morgan fingerprint density at radius 3 is 2.30 bits per heavy atom. The van der Waals surface area contributed by atoms with Gasteiger partial charge in [0.1, 0.15) is 5.75 Å². The van der Waals surface area contributed by atoms with Crippen LogP contribution in [0.4, 0.5) is 13.2 Å². The normalized spacial score (nSPS) is 12.0. The Kier molecular flexibility index (Phi) is 6.78. The van der Waals surface area contributed by atoms with E-state index in [9.17, 15) is 27.9 Å². The lowest BCUT2D eigenvalue weighted by molar-refractivity contribution is -0.153. The van der Waals surface area contributed by atoms with Gasteiger partial charge in [-0.25, -0.2) is 0 Å². The Hall–Kier alpha value is -3.39. The molecule has 0 spiro atoms. The van der Waals surface area contributed by atoms with Crippen LogP contribution >= 0.6 is 0 Å². The number of nitrogens with zero attached hydrogens (tertiary/aromatic N) is 1. The maximum Gasteiger partial charge on any atom is 0.422 e. The molecule has 0 aliphatic rings. The van der Waals surface area contributed by atoms with Crippen molar-refractivity contribution in [3.8, 4) is 11.4 Å². The molecule has 0 amide bonds. The molecule has 3 aromatic rings. The molecule has 0 saturated heterocycles.